The minimum atomic E-state index is -0.473. The first-order valence-corrected chi connectivity index (χ1v) is 8.24. The van der Waals surface area contributed by atoms with Gasteiger partial charge in [0.05, 0.1) is 6.04 Å². The lowest BCUT2D eigenvalue weighted by Crippen LogP contribution is -2.38. The standard InChI is InChI=1S/C19H19FN4O2/c1-12(14-6-4-3-5-7-14)21-19(25)22-13(2)18-23-17(24-26-18)15-8-10-16(20)11-9-15/h3-13H,1-2H3,(H2,21,22,25). The van der Waals surface area contributed by atoms with Crippen molar-refractivity contribution in [3.63, 3.8) is 0 Å². The Hall–Kier alpha value is -3.22. The van der Waals surface area contributed by atoms with Crippen LogP contribution in [0.5, 0.6) is 0 Å². The van der Waals surface area contributed by atoms with Crippen LogP contribution in [0.2, 0.25) is 0 Å². The quantitative estimate of drug-likeness (QED) is 0.726. The van der Waals surface area contributed by atoms with E-state index in [1.165, 1.54) is 12.1 Å². The lowest BCUT2D eigenvalue weighted by atomic mass is 10.1. The Labute approximate surface area is 150 Å². The number of nitrogens with one attached hydrogen (secondary N) is 2. The molecule has 6 nitrogen and oxygen atoms in total. The van der Waals surface area contributed by atoms with E-state index in [0.717, 1.165) is 5.56 Å². The maximum Gasteiger partial charge on any atom is 0.315 e. The zero-order valence-corrected chi connectivity index (χ0v) is 14.4. The third-order valence-corrected chi connectivity index (χ3v) is 3.91. The molecule has 0 spiro atoms. The highest BCUT2D eigenvalue weighted by Gasteiger charge is 2.18. The molecule has 0 fully saturated rings. The van der Waals surface area contributed by atoms with Gasteiger partial charge in [-0.25, -0.2) is 9.18 Å². The molecule has 0 radical (unpaired) electrons. The van der Waals surface area contributed by atoms with Crippen molar-refractivity contribution >= 4 is 6.03 Å². The Morgan fingerprint density at radius 3 is 2.35 bits per heavy atom. The molecule has 2 amide bonds. The van der Waals surface area contributed by atoms with Gasteiger partial charge < -0.3 is 15.2 Å². The summed E-state index contributed by atoms with van der Waals surface area (Å²) in [6, 6.07) is 14.5. The van der Waals surface area contributed by atoms with Gasteiger partial charge >= 0.3 is 6.03 Å². The van der Waals surface area contributed by atoms with Crippen molar-refractivity contribution in [2.24, 2.45) is 0 Å². The molecule has 2 N–H and O–H groups in total. The fourth-order valence-corrected chi connectivity index (χ4v) is 2.45. The highest BCUT2D eigenvalue weighted by Crippen LogP contribution is 2.19. The maximum atomic E-state index is 13.0. The molecule has 0 saturated carbocycles. The average Bonchev–Trinajstić information content (AvgIpc) is 3.13. The van der Waals surface area contributed by atoms with E-state index in [0.29, 0.717) is 11.4 Å². The Morgan fingerprint density at radius 2 is 1.65 bits per heavy atom. The fraction of sp³-hybridized carbons (Fsp3) is 0.211. The predicted molar refractivity (Wildman–Crippen MR) is 94.6 cm³/mol. The first-order chi connectivity index (χ1) is 12.5. The molecule has 7 heteroatoms. The predicted octanol–water partition coefficient (Wildman–Crippen LogP) is 4.00. The number of carbonyl (C=O) groups is 1. The highest BCUT2D eigenvalue weighted by molar-refractivity contribution is 5.74. The van der Waals surface area contributed by atoms with Crippen LogP contribution in [-0.4, -0.2) is 16.2 Å². The highest BCUT2D eigenvalue weighted by atomic mass is 19.1. The lowest BCUT2D eigenvalue weighted by Gasteiger charge is -2.16. The third kappa shape index (κ3) is 4.24. The Balaban J connectivity index is 1.60. The van der Waals surface area contributed by atoms with Crippen molar-refractivity contribution in [2.45, 2.75) is 25.9 Å². The molecular formula is C19H19FN4O2. The largest absolute Gasteiger partial charge is 0.337 e. The number of aromatic nitrogens is 2. The van der Waals surface area contributed by atoms with Crippen LogP contribution in [0, 0.1) is 5.82 Å². The number of urea groups is 1. The number of benzene rings is 2. The zero-order valence-electron chi connectivity index (χ0n) is 14.4. The van der Waals surface area contributed by atoms with Gasteiger partial charge in [0.25, 0.3) is 0 Å². The van der Waals surface area contributed by atoms with E-state index >= 15 is 0 Å². The Bertz CT molecular complexity index is 865. The number of hydrogen-bond donors (Lipinski definition) is 2. The minimum absolute atomic E-state index is 0.138. The van der Waals surface area contributed by atoms with Gasteiger partial charge in [-0.05, 0) is 43.7 Å². The monoisotopic (exact) mass is 354 g/mol. The number of halogens is 1. The van der Waals surface area contributed by atoms with Crippen molar-refractivity contribution in [2.75, 3.05) is 0 Å². The van der Waals surface area contributed by atoms with E-state index in [1.807, 2.05) is 37.3 Å². The van der Waals surface area contributed by atoms with E-state index in [-0.39, 0.29) is 23.8 Å². The molecule has 0 aliphatic heterocycles. The summed E-state index contributed by atoms with van der Waals surface area (Å²) in [6.07, 6.45) is 0. The van der Waals surface area contributed by atoms with Crippen molar-refractivity contribution in [1.82, 2.24) is 20.8 Å². The van der Waals surface area contributed by atoms with Crippen LogP contribution in [0.1, 0.15) is 37.4 Å². The van der Waals surface area contributed by atoms with Gasteiger partial charge in [0, 0.05) is 5.56 Å². The SMILES string of the molecule is CC(NC(=O)NC(C)c1nc(-c2ccc(F)cc2)no1)c1ccccc1. The lowest BCUT2D eigenvalue weighted by molar-refractivity contribution is 0.231. The van der Waals surface area contributed by atoms with E-state index in [1.54, 1.807) is 19.1 Å². The summed E-state index contributed by atoms with van der Waals surface area (Å²) in [7, 11) is 0. The van der Waals surface area contributed by atoms with Gasteiger partial charge in [-0.2, -0.15) is 4.98 Å². The smallest absolute Gasteiger partial charge is 0.315 e. The second kappa shape index (κ2) is 7.77. The molecule has 0 saturated heterocycles. The Morgan fingerprint density at radius 1 is 1.00 bits per heavy atom. The fourth-order valence-electron chi connectivity index (χ4n) is 2.45. The molecule has 0 aliphatic carbocycles. The molecule has 0 aliphatic rings. The first-order valence-electron chi connectivity index (χ1n) is 8.24. The average molecular weight is 354 g/mol. The van der Waals surface area contributed by atoms with Crippen molar-refractivity contribution in [1.29, 1.82) is 0 Å². The van der Waals surface area contributed by atoms with Gasteiger partial charge in [0.1, 0.15) is 11.9 Å². The van der Waals surface area contributed by atoms with Crippen LogP contribution in [0.15, 0.2) is 59.1 Å². The molecule has 2 unspecified atom stereocenters. The molecule has 1 aromatic heterocycles. The number of rotatable bonds is 5. The van der Waals surface area contributed by atoms with E-state index in [4.69, 9.17) is 4.52 Å². The molecule has 3 aromatic rings. The molecule has 134 valence electrons. The summed E-state index contributed by atoms with van der Waals surface area (Å²) in [5.41, 5.74) is 1.64. The molecular weight excluding hydrogens is 335 g/mol. The zero-order chi connectivity index (χ0) is 18.5. The molecule has 1 heterocycles. The number of carbonyl (C=O) groups excluding carboxylic acids is 1. The summed E-state index contributed by atoms with van der Waals surface area (Å²) in [4.78, 5) is 16.4. The minimum Gasteiger partial charge on any atom is -0.337 e. The topological polar surface area (TPSA) is 80.0 Å². The van der Waals surface area contributed by atoms with Crippen LogP contribution >= 0.6 is 0 Å². The summed E-state index contributed by atoms with van der Waals surface area (Å²) in [5.74, 6) is 0.273. The molecule has 26 heavy (non-hydrogen) atoms. The van der Waals surface area contributed by atoms with Gasteiger partial charge in [0.2, 0.25) is 11.7 Å². The van der Waals surface area contributed by atoms with Gasteiger partial charge in [-0.3, -0.25) is 0 Å². The normalized spacial score (nSPS) is 13.0. The molecule has 2 aromatic carbocycles. The third-order valence-electron chi connectivity index (χ3n) is 3.91. The molecule has 2 atom stereocenters. The van der Waals surface area contributed by atoms with E-state index < -0.39 is 6.04 Å². The Kier molecular flexibility index (Phi) is 5.26. The summed E-state index contributed by atoms with van der Waals surface area (Å²) >= 11 is 0. The van der Waals surface area contributed by atoms with Crippen molar-refractivity contribution in [3.8, 4) is 11.4 Å². The number of nitrogens with zero attached hydrogens (tertiary/aromatic N) is 2. The van der Waals surface area contributed by atoms with Crippen LogP contribution in [-0.2, 0) is 0 Å². The first kappa shape index (κ1) is 17.6. The second-order valence-electron chi connectivity index (χ2n) is 5.93. The van der Waals surface area contributed by atoms with Gasteiger partial charge in [-0.1, -0.05) is 35.5 Å². The van der Waals surface area contributed by atoms with Crippen LogP contribution < -0.4 is 10.6 Å². The van der Waals surface area contributed by atoms with Gasteiger partial charge in [-0.15, -0.1) is 0 Å². The van der Waals surface area contributed by atoms with E-state index in [2.05, 4.69) is 20.8 Å². The van der Waals surface area contributed by atoms with Crippen LogP contribution in [0.4, 0.5) is 9.18 Å². The maximum absolute atomic E-state index is 13.0. The second-order valence-corrected chi connectivity index (χ2v) is 5.93. The number of hydrogen-bond acceptors (Lipinski definition) is 4. The van der Waals surface area contributed by atoms with Crippen LogP contribution in [0.3, 0.4) is 0 Å². The van der Waals surface area contributed by atoms with Crippen molar-refractivity contribution < 1.29 is 13.7 Å². The van der Waals surface area contributed by atoms with Crippen LogP contribution in [0.25, 0.3) is 11.4 Å². The summed E-state index contributed by atoms with van der Waals surface area (Å²) < 4.78 is 18.2. The van der Waals surface area contributed by atoms with E-state index in [9.17, 15) is 9.18 Å². The molecule has 3 rings (SSSR count). The summed E-state index contributed by atoms with van der Waals surface area (Å²) in [5, 5.41) is 9.50. The van der Waals surface area contributed by atoms with Gasteiger partial charge in [0.15, 0.2) is 0 Å². The molecule has 0 bridgehead atoms. The van der Waals surface area contributed by atoms with Crippen molar-refractivity contribution in [3.05, 3.63) is 71.9 Å². The summed E-state index contributed by atoms with van der Waals surface area (Å²) in [6.45, 7) is 3.65. The number of amides is 2.